The van der Waals surface area contributed by atoms with Crippen LogP contribution in [0.15, 0.2) is 42.9 Å². The molecule has 9 nitrogen and oxygen atoms in total. The number of aromatic nitrogens is 3. The Morgan fingerprint density at radius 3 is 2.61 bits per heavy atom. The van der Waals surface area contributed by atoms with Crippen molar-refractivity contribution in [2.45, 2.75) is 13.0 Å². The van der Waals surface area contributed by atoms with E-state index < -0.39 is 11.4 Å². The summed E-state index contributed by atoms with van der Waals surface area (Å²) in [6.07, 6.45) is 4.81. The van der Waals surface area contributed by atoms with Gasteiger partial charge in [-0.25, -0.2) is 9.50 Å². The van der Waals surface area contributed by atoms with E-state index in [1.165, 1.54) is 6.33 Å². The summed E-state index contributed by atoms with van der Waals surface area (Å²) in [5.74, 6) is 0.484. The van der Waals surface area contributed by atoms with Gasteiger partial charge in [-0.2, -0.15) is 5.10 Å². The van der Waals surface area contributed by atoms with Crippen LogP contribution in [0.2, 0.25) is 0 Å². The van der Waals surface area contributed by atoms with Crippen molar-refractivity contribution in [3.8, 4) is 0 Å². The molecule has 0 saturated carbocycles. The van der Waals surface area contributed by atoms with Crippen molar-refractivity contribution < 1.29 is 14.5 Å². The average molecular weight is 443 g/mol. The van der Waals surface area contributed by atoms with Crippen molar-refractivity contribution >= 4 is 28.6 Å². The fourth-order valence-electron chi connectivity index (χ4n) is 3.89. The molecule has 2 N–H and O–H groups in total. The minimum absolute atomic E-state index is 0.0720. The molecule has 2 atom stereocenters. The number of benzene rings is 1. The summed E-state index contributed by atoms with van der Waals surface area (Å²) in [5.41, 5.74) is 2.98. The number of carbonyl (C=O) groups is 1. The lowest BCUT2D eigenvalue weighted by Crippen LogP contribution is -2.50. The Morgan fingerprint density at radius 2 is 1.97 bits per heavy atom. The van der Waals surface area contributed by atoms with Crippen molar-refractivity contribution in [3.05, 3.63) is 59.5 Å². The van der Waals surface area contributed by atoms with Gasteiger partial charge in [-0.1, -0.05) is 30.3 Å². The van der Waals surface area contributed by atoms with Gasteiger partial charge in [0.1, 0.15) is 18.1 Å². The Morgan fingerprint density at radius 1 is 1.26 bits per heavy atom. The lowest BCUT2D eigenvalue weighted by atomic mass is 10.1. The van der Waals surface area contributed by atoms with E-state index in [1.54, 1.807) is 21.9 Å². The van der Waals surface area contributed by atoms with Crippen LogP contribution in [0.25, 0.3) is 5.52 Å². The van der Waals surface area contributed by atoms with Crippen LogP contribution in [-0.2, 0) is 11.4 Å². The largest absolute Gasteiger partial charge is 0.598 e. The number of nitrogens with one attached hydrogen (secondary N) is 1. The molecule has 1 aromatic carbocycles. The number of carbonyl (C=O) groups excluding carboxylic acids is 1. The van der Waals surface area contributed by atoms with Crippen LogP contribution in [0.5, 0.6) is 0 Å². The van der Waals surface area contributed by atoms with Gasteiger partial charge in [0, 0.05) is 30.6 Å². The molecule has 1 fully saturated rings. The Bertz CT molecular complexity index is 1050. The average Bonchev–Trinajstić information content (AvgIpc) is 3.14. The zero-order valence-electron chi connectivity index (χ0n) is 17.6. The number of nitrogens with zero attached hydrogens (tertiary/aromatic N) is 5. The SMILES string of the molecule is Cc1c(C(=O)N2CCN([S+](C)[O-])CC2)cn2ncnc(N[C@H](CO)c3ccccc3)c12. The van der Waals surface area contributed by atoms with Crippen molar-refractivity contribution in [2.24, 2.45) is 0 Å². The second-order valence-electron chi connectivity index (χ2n) is 7.50. The third kappa shape index (κ3) is 4.38. The van der Waals surface area contributed by atoms with Gasteiger partial charge in [-0.05, 0) is 18.1 Å². The number of amides is 1. The number of fused-ring (bicyclic) bond motifs is 1. The molecule has 164 valence electrons. The fourth-order valence-corrected chi connectivity index (χ4v) is 4.56. The summed E-state index contributed by atoms with van der Waals surface area (Å²) >= 11 is -1.02. The molecule has 10 heteroatoms. The maximum Gasteiger partial charge on any atom is 0.255 e. The number of aliphatic hydroxyl groups is 1. The van der Waals surface area contributed by atoms with E-state index in [-0.39, 0.29) is 18.6 Å². The maximum atomic E-state index is 13.2. The van der Waals surface area contributed by atoms with Gasteiger partial charge in [-0.15, -0.1) is 4.31 Å². The van der Waals surface area contributed by atoms with Crippen LogP contribution in [0.1, 0.15) is 27.5 Å². The number of piperazine rings is 1. The number of aliphatic hydroxyl groups excluding tert-OH is 1. The molecule has 1 amide bonds. The molecular formula is C21H26N6O3S. The molecule has 1 saturated heterocycles. The van der Waals surface area contributed by atoms with E-state index in [9.17, 15) is 14.5 Å². The highest BCUT2D eigenvalue weighted by atomic mass is 32.2. The van der Waals surface area contributed by atoms with E-state index in [2.05, 4.69) is 15.4 Å². The Hall–Kier alpha value is -2.66. The predicted octanol–water partition coefficient (Wildman–Crippen LogP) is 1.23. The number of anilines is 1. The fraction of sp³-hybridized carbons (Fsp3) is 0.381. The molecule has 0 spiro atoms. The Labute approximate surface area is 184 Å². The van der Waals surface area contributed by atoms with Crippen LogP contribution in [-0.4, -0.2) is 78.4 Å². The number of hydrogen-bond donors (Lipinski definition) is 2. The topological polar surface area (TPSA) is 109 Å². The first-order valence-corrected chi connectivity index (χ1v) is 11.6. The summed E-state index contributed by atoms with van der Waals surface area (Å²) in [6, 6.07) is 9.31. The van der Waals surface area contributed by atoms with Crippen molar-refractivity contribution in [1.82, 2.24) is 23.8 Å². The van der Waals surface area contributed by atoms with Gasteiger partial charge in [0.05, 0.1) is 31.3 Å². The summed E-state index contributed by atoms with van der Waals surface area (Å²) in [5, 5.41) is 17.5. The maximum absolute atomic E-state index is 13.2. The lowest BCUT2D eigenvalue weighted by molar-refractivity contribution is 0.0698. The van der Waals surface area contributed by atoms with Gasteiger partial charge in [0.2, 0.25) is 0 Å². The third-order valence-corrected chi connectivity index (χ3v) is 6.73. The monoisotopic (exact) mass is 442 g/mol. The van der Waals surface area contributed by atoms with Gasteiger partial charge in [0.15, 0.2) is 5.82 Å². The second kappa shape index (κ2) is 9.23. The quantitative estimate of drug-likeness (QED) is 0.553. The van der Waals surface area contributed by atoms with Crippen LogP contribution in [0.4, 0.5) is 5.82 Å². The summed E-state index contributed by atoms with van der Waals surface area (Å²) < 4.78 is 15.2. The van der Waals surface area contributed by atoms with Crippen LogP contribution in [0.3, 0.4) is 0 Å². The molecule has 1 aliphatic rings. The zero-order valence-corrected chi connectivity index (χ0v) is 18.4. The highest BCUT2D eigenvalue weighted by molar-refractivity contribution is 7.88. The standard InChI is InChI=1S/C21H26N6O3S/c1-15-17(21(29)25-8-10-26(11-9-25)31(2)30)12-27-19(15)20(22-14-23-27)24-18(13-28)16-6-4-3-5-7-16/h3-7,12,14,18,28H,8-11,13H2,1-2H3,(H,22,23,24)/t18-,31?/m1/s1. The van der Waals surface area contributed by atoms with Crippen LogP contribution >= 0.6 is 0 Å². The molecule has 3 aromatic rings. The molecule has 0 radical (unpaired) electrons. The van der Waals surface area contributed by atoms with Crippen molar-refractivity contribution in [2.75, 3.05) is 44.4 Å². The molecular weight excluding hydrogens is 416 g/mol. The minimum Gasteiger partial charge on any atom is -0.598 e. The van der Waals surface area contributed by atoms with Gasteiger partial charge >= 0.3 is 0 Å². The molecule has 31 heavy (non-hydrogen) atoms. The lowest BCUT2D eigenvalue weighted by Gasteiger charge is -2.33. The number of aryl methyl sites for hydroxylation is 1. The molecule has 0 aliphatic carbocycles. The molecule has 1 aliphatic heterocycles. The molecule has 2 aromatic heterocycles. The van der Waals surface area contributed by atoms with Crippen molar-refractivity contribution in [1.29, 1.82) is 0 Å². The molecule has 3 heterocycles. The smallest absolute Gasteiger partial charge is 0.255 e. The van der Waals surface area contributed by atoms with E-state index >= 15 is 0 Å². The Balaban J connectivity index is 1.60. The first-order valence-electron chi connectivity index (χ1n) is 10.1. The van der Waals surface area contributed by atoms with E-state index in [0.717, 1.165) is 11.1 Å². The number of rotatable bonds is 6. The van der Waals surface area contributed by atoms with Gasteiger partial charge < -0.3 is 19.9 Å². The second-order valence-corrected chi connectivity index (χ2v) is 8.87. The zero-order chi connectivity index (χ0) is 22.0. The molecule has 0 bridgehead atoms. The third-order valence-electron chi connectivity index (χ3n) is 5.64. The highest BCUT2D eigenvalue weighted by Gasteiger charge is 2.29. The predicted molar refractivity (Wildman–Crippen MR) is 119 cm³/mol. The Kier molecular flexibility index (Phi) is 6.42. The highest BCUT2D eigenvalue weighted by Crippen LogP contribution is 2.27. The summed E-state index contributed by atoms with van der Waals surface area (Å²) in [7, 11) is 0. The van der Waals surface area contributed by atoms with Crippen LogP contribution < -0.4 is 5.32 Å². The normalized spacial score (nSPS) is 17.0. The summed E-state index contributed by atoms with van der Waals surface area (Å²) in [4.78, 5) is 19.3. The minimum atomic E-state index is -1.02. The molecule has 1 unspecified atom stereocenters. The van der Waals surface area contributed by atoms with E-state index in [0.29, 0.717) is 43.1 Å². The number of hydrogen-bond acceptors (Lipinski definition) is 7. The summed E-state index contributed by atoms with van der Waals surface area (Å²) in [6.45, 7) is 4.01. The first-order chi connectivity index (χ1) is 15.0. The van der Waals surface area contributed by atoms with E-state index in [4.69, 9.17) is 0 Å². The first kappa shape index (κ1) is 21.6. The van der Waals surface area contributed by atoms with Crippen molar-refractivity contribution in [3.63, 3.8) is 0 Å². The van der Waals surface area contributed by atoms with E-state index in [1.807, 2.05) is 41.6 Å². The molecule has 4 rings (SSSR count). The van der Waals surface area contributed by atoms with Gasteiger partial charge in [-0.3, -0.25) is 4.79 Å². The van der Waals surface area contributed by atoms with Gasteiger partial charge in [0.25, 0.3) is 5.91 Å². The van der Waals surface area contributed by atoms with Crippen LogP contribution in [0, 0.1) is 6.92 Å².